The molecule has 0 saturated carbocycles. The maximum absolute atomic E-state index is 12.8. The fourth-order valence-electron chi connectivity index (χ4n) is 3.43. The van der Waals surface area contributed by atoms with E-state index in [4.69, 9.17) is 14.0 Å². The van der Waals surface area contributed by atoms with Gasteiger partial charge in [-0.3, -0.25) is 4.79 Å². The van der Waals surface area contributed by atoms with Crippen molar-refractivity contribution in [3.8, 4) is 5.75 Å². The smallest absolute Gasteiger partial charge is 0.276 e. The third-order valence-corrected chi connectivity index (χ3v) is 5.11. The number of carbonyl (C=O) groups excluding carboxylic acids is 1. The van der Waals surface area contributed by atoms with Crippen LogP contribution in [0.3, 0.4) is 0 Å². The van der Waals surface area contributed by atoms with Gasteiger partial charge in [0.15, 0.2) is 5.69 Å². The van der Waals surface area contributed by atoms with Crippen LogP contribution in [-0.2, 0) is 4.74 Å². The van der Waals surface area contributed by atoms with E-state index in [9.17, 15) is 4.79 Å². The summed E-state index contributed by atoms with van der Waals surface area (Å²) in [5, 5.41) is 6.17. The predicted molar refractivity (Wildman–Crippen MR) is 106 cm³/mol. The molecule has 0 N–H and O–H groups in total. The standard InChI is InChI=1S/C22H24N2O4/c1-14(2)20-12-19(23-28-20)22(25)24-8-9-27-21(13-24)17-5-4-16-11-18(26-3)7-6-15(16)10-17/h4-7,10-12,14,21H,8-9,13H2,1-3H3/t21-/m0/s1. The summed E-state index contributed by atoms with van der Waals surface area (Å²) in [6, 6.07) is 13.9. The summed E-state index contributed by atoms with van der Waals surface area (Å²) in [5.41, 5.74) is 1.41. The Bertz CT molecular complexity index is 995. The highest BCUT2D eigenvalue weighted by molar-refractivity contribution is 5.92. The lowest BCUT2D eigenvalue weighted by Gasteiger charge is -2.32. The van der Waals surface area contributed by atoms with Gasteiger partial charge in [-0.15, -0.1) is 0 Å². The Morgan fingerprint density at radius 2 is 1.96 bits per heavy atom. The molecule has 0 radical (unpaired) electrons. The first-order chi connectivity index (χ1) is 13.5. The normalized spacial score (nSPS) is 17.3. The van der Waals surface area contributed by atoms with Crippen molar-refractivity contribution < 1.29 is 18.8 Å². The van der Waals surface area contributed by atoms with Crippen molar-refractivity contribution in [1.29, 1.82) is 0 Å². The minimum absolute atomic E-state index is 0.116. The minimum atomic E-state index is -0.166. The second kappa shape index (κ2) is 7.64. The third-order valence-electron chi connectivity index (χ3n) is 5.11. The lowest BCUT2D eigenvalue weighted by molar-refractivity contribution is -0.0230. The monoisotopic (exact) mass is 380 g/mol. The van der Waals surface area contributed by atoms with Crippen LogP contribution in [0.1, 0.15) is 47.7 Å². The molecular formula is C22H24N2O4. The number of benzene rings is 2. The number of rotatable bonds is 4. The van der Waals surface area contributed by atoms with Crippen LogP contribution >= 0.6 is 0 Å². The first-order valence-corrected chi connectivity index (χ1v) is 9.50. The van der Waals surface area contributed by atoms with Gasteiger partial charge < -0.3 is 18.9 Å². The summed E-state index contributed by atoms with van der Waals surface area (Å²) in [5.74, 6) is 1.63. The van der Waals surface area contributed by atoms with Crippen LogP contribution in [0.2, 0.25) is 0 Å². The summed E-state index contributed by atoms with van der Waals surface area (Å²) in [6.45, 7) is 5.55. The van der Waals surface area contributed by atoms with E-state index >= 15 is 0 Å². The van der Waals surface area contributed by atoms with Gasteiger partial charge in [0.2, 0.25) is 0 Å². The van der Waals surface area contributed by atoms with Gasteiger partial charge in [0.05, 0.1) is 20.3 Å². The van der Waals surface area contributed by atoms with Crippen molar-refractivity contribution >= 4 is 16.7 Å². The highest BCUT2D eigenvalue weighted by atomic mass is 16.5. The molecule has 28 heavy (non-hydrogen) atoms. The molecule has 146 valence electrons. The fraction of sp³-hybridized carbons (Fsp3) is 0.364. The van der Waals surface area contributed by atoms with Gasteiger partial charge >= 0.3 is 0 Å². The second-order valence-corrected chi connectivity index (χ2v) is 7.35. The Balaban J connectivity index is 1.53. The number of methoxy groups -OCH3 is 1. The van der Waals surface area contributed by atoms with Crippen LogP contribution in [0, 0.1) is 0 Å². The van der Waals surface area contributed by atoms with E-state index in [0.29, 0.717) is 25.4 Å². The van der Waals surface area contributed by atoms with Crippen LogP contribution in [0.4, 0.5) is 0 Å². The zero-order valence-corrected chi connectivity index (χ0v) is 16.3. The fourth-order valence-corrected chi connectivity index (χ4v) is 3.43. The van der Waals surface area contributed by atoms with Gasteiger partial charge in [0.25, 0.3) is 5.91 Å². The van der Waals surface area contributed by atoms with Crippen LogP contribution < -0.4 is 4.74 Å². The summed E-state index contributed by atoms with van der Waals surface area (Å²) in [7, 11) is 1.66. The predicted octanol–water partition coefficient (Wildman–Crippen LogP) is 4.17. The van der Waals surface area contributed by atoms with Crippen molar-refractivity contribution in [2.75, 3.05) is 26.8 Å². The molecule has 1 saturated heterocycles. The third kappa shape index (κ3) is 3.60. The zero-order chi connectivity index (χ0) is 19.7. The second-order valence-electron chi connectivity index (χ2n) is 7.35. The van der Waals surface area contributed by atoms with Crippen molar-refractivity contribution in [2.45, 2.75) is 25.9 Å². The van der Waals surface area contributed by atoms with Crippen molar-refractivity contribution in [2.24, 2.45) is 0 Å². The molecule has 1 fully saturated rings. The van der Waals surface area contributed by atoms with Crippen LogP contribution in [0.5, 0.6) is 5.75 Å². The number of aromatic nitrogens is 1. The summed E-state index contributed by atoms with van der Waals surface area (Å²) in [6.07, 6.45) is -0.166. The summed E-state index contributed by atoms with van der Waals surface area (Å²) in [4.78, 5) is 14.6. The molecule has 1 aliphatic heterocycles. The van der Waals surface area contributed by atoms with E-state index in [1.54, 1.807) is 18.1 Å². The van der Waals surface area contributed by atoms with E-state index in [0.717, 1.165) is 27.8 Å². The lowest BCUT2D eigenvalue weighted by Crippen LogP contribution is -2.42. The number of carbonyl (C=O) groups is 1. The molecular weight excluding hydrogens is 356 g/mol. The molecule has 1 amide bonds. The molecule has 1 aliphatic rings. The minimum Gasteiger partial charge on any atom is -0.497 e. The van der Waals surface area contributed by atoms with Crippen molar-refractivity contribution in [3.05, 3.63) is 59.5 Å². The van der Waals surface area contributed by atoms with Crippen LogP contribution in [-0.4, -0.2) is 42.8 Å². The first-order valence-electron chi connectivity index (χ1n) is 9.50. The maximum Gasteiger partial charge on any atom is 0.276 e. The molecule has 2 aromatic carbocycles. The highest BCUT2D eigenvalue weighted by Crippen LogP contribution is 2.28. The number of ether oxygens (including phenoxy) is 2. The molecule has 6 nitrogen and oxygen atoms in total. The molecule has 2 heterocycles. The quantitative estimate of drug-likeness (QED) is 0.680. The molecule has 0 bridgehead atoms. The SMILES string of the molecule is COc1ccc2cc([C@@H]3CN(C(=O)c4cc(C(C)C)on4)CCO3)ccc2c1. The molecule has 0 unspecified atom stereocenters. The van der Waals surface area contributed by atoms with Gasteiger partial charge in [-0.1, -0.05) is 37.2 Å². The number of fused-ring (bicyclic) bond motifs is 1. The topological polar surface area (TPSA) is 64.8 Å². The lowest BCUT2D eigenvalue weighted by atomic mass is 10.0. The van der Waals surface area contributed by atoms with E-state index in [2.05, 4.69) is 17.3 Å². The molecule has 0 spiro atoms. The Hall–Kier alpha value is -2.86. The van der Waals surface area contributed by atoms with Gasteiger partial charge in [0.1, 0.15) is 17.6 Å². The Labute approximate surface area is 164 Å². The van der Waals surface area contributed by atoms with Gasteiger partial charge in [-0.2, -0.15) is 0 Å². The van der Waals surface area contributed by atoms with E-state index < -0.39 is 0 Å². The van der Waals surface area contributed by atoms with Crippen molar-refractivity contribution in [3.63, 3.8) is 0 Å². The van der Waals surface area contributed by atoms with Gasteiger partial charge in [0, 0.05) is 18.5 Å². The molecule has 4 rings (SSSR count). The molecule has 1 atom stereocenters. The average Bonchev–Trinajstić information content (AvgIpc) is 3.23. The summed E-state index contributed by atoms with van der Waals surface area (Å²) >= 11 is 0. The average molecular weight is 380 g/mol. The maximum atomic E-state index is 12.8. The molecule has 3 aromatic rings. The molecule has 6 heteroatoms. The Morgan fingerprint density at radius 3 is 2.71 bits per heavy atom. The highest BCUT2D eigenvalue weighted by Gasteiger charge is 2.28. The van der Waals surface area contributed by atoms with E-state index in [1.165, 1.54) is 0 Å². The number of nitrogens with zero attached hydrogens (tertiary/aromatic N) is 2. The largest absolute Gasteiger partial charge is 0.497 e. The van der Waals surface area contributed by atoms with Crippen molar-refractivity contribution in [1.82, 2.24) is 10.1 Å². The Morgan fingerprint density at radius 1 is 1.18 bits per heavy atom. The molecule has 0 aliphatic carbocycles. The number of morpholine rings is 1. The molecule has 1 aromatic heterocycles. The Kier molecular flexibility index (Phi) is 5.05. The zero-order valence-electron chi connectivity index (χ0n) is 16.3. The first kappa shape index (κ1) is 18.5. The number of hydrogen-bond donors (Lipinski definition) is 0. The number of amides is 1. The van der Waals surface area contributed by atoms with E-state index in [-0.39, 0.29) is 17.9 Å². The van der Waals surface area contributed by atoms with Gasteiger partial charge in [-0.05, 0) is 34.5 Å². The van der Waals surface area contributed by atoms with Gasteiger partial charge in [-0.25, -0.2) is 0 Å². The van der Waals surface area contributed by atoms with E-state index in [1.807, 2.05) is 38.1 Å². The van der Waals surface area contributed by atoms with Crippen LogP contribution in [0.15, 0.2) is 47.0 Å². The number of hydrogen-bond acceptors (Lipinski definition) is 5. The summed E-state index contributed by atoms with van der Waals surface area (Å²) < 4.78 is 16.5. The van der Waals surface area contributed by atoms with Crippen LogP contribution in [0.25, 0.3) is 10.8 Å².